The van der Waals surface area contributed by atoms with E-state index < -0.39 is 10.0 Å². The predicted molar refractivity (Wildman–Crippen MR) is 82.8 cm³/mol. The van der Waals surface area contributed by atoms with Gasteiger partial charge in [0, 0.05) is 11.6 Å². The van der Waals surface area contributed by atoms with Crippen LogP contribution in [0.3, 0.4) is 0 Å². The molecule has 0 unspecified atom stereocenters. The van der Waals surface area contributed by atoms with Gasteiger partial charge in [-0.15, -0.1) is 0 Å². The Balaban J connectivity index is 2.47. The Kier molecular flexibility index (Phi) is 4.35. The lowest BCUT2D eigenvalue weighted by Gasteiger charge is -2.23. The minimum absolute atomic E-state index is 0.300. The van der Waals surface area contributed by atoms with Crippen LogP contribution in [0.25, 0.3) is 0 Å². The average Bonchev–Trinajstić information content (AvgIpc) is 2.41. The highest BCUT2D eigenvalue weighted by atomic mass is 35.5. The van der Waals surface area contributed by atoms with Crippen molar-refractivity contribution in [1.82, 2.24) is 0 Å². The molecule has 0 atom stereocenters. The highest BCUT2D eigenvalue weighted by Gasteiger charge is 2.23. The summed E-state index contributed by atoms with van der Waals surface area (Å²) in [5.74, 6) is 0. The van der Waals surface area contributed by atoms with Gasteiger partial charge < -0.3 is 0 Å². The van der Waals surface area contributed by atoms with Gasteiger partial charge in [-0.05, 0) is 55.8 Å². The molecule has 0 aliphatic heterocycles. The van der Waals surface area contributed by atoms with Gasteiger partial charge in [0.1, 0.15) is 0 Å². The number of nitrogens with zero attached hydrogens (tertiary/aromatic N) is 1. The molecule has 2 rings (SSSR count). The molecule has 0 bridgehead atoms. The van der Waals surface area contributed by atoms with Gasteiger partial charge in [-0.3, -0.25) is 4.31 Å². The second-order valence-corrected chi connectivity index (χ2v) is 6.76. The molecule has 106 valence electrons. The summed E-state index contributed by atoms with van der Waals surface area (Å²) in [6.45, 7) is 4.04. The van der Waals surface area contributed by atoms with Crippen LogP contribution in [0, 0.1) is 6.92 Å². The fourth-order valence-electron chi connectivity index (χ4n) is 2.00. The summed E-state index contributed by atoms with van der Waals surface area (Å²) in [4.78, 5) is 0.300. The van der Waals surface area contributed by atoms with Crippen molar-refractivity contribution < 1.29 is 8.42 Å². The molecular formula is C15H16ClNO2S. The molecule has 0 fully saturated rings. The number of halogens is 1. The lowest BCUT2D eigenvalue weighted by Crippen LogP contribution is -2.30. The number of hydrogen-bond donors (Lipinski definition) is 0. The van der Waals surface area contributed by atoms with Crippen molar-refractivity contribution in [2.75, 3.05) is 10.8 Å². The molecular weight excluding hydrogens is 294 g/mol. The molecule has 0 N–H and O–H groups in total. The zero-order chi connectivity index (χ0) is 14.8. The van der Waals surface area contributed by atoms with E-state index in [2.05, 4.69) is 0 Å². The lowest BCUT2D eigenvalue weighted by atomic mass is 10.2. The van der Waals surface area contributed by atoms with Crippen molar-refractivity contribution in [2.45, 2.75) is 18.7 Å². The number of hydrogen-bond acceptors (Lipinski definition) is 2. The van der Waals surface area contributed by atoms with E-state index in [-0.39, 0.29) is 0 Å². The summed E-state index contributed by atoms with van der Waals surface area (Å²) >= 11 is 5.84. The smallest absolute Gasteiger partial charge is 0.264 e. The van der Waals surface area contributed by atoms with Crippen LogP contribution < -0.4 is 4.31 Å². The lowest BCUT2D eigenvalue weighted by molar-refractivity contribution is 0.592. The maximum atomic E-state index is 12.7. The highest BCUT2D eigenvalue weighted by molar-refractivity contribution is 7.92. The summed E-state index contributed by atoms with van der Waals surface area (Å²) in [6.07, 6.45) is 0. The van der Waals surface area contributed by atoms with Gasteiger partial charge in [0.05, 0.1) is 10.6 Å². The summed E-state index contributed by atoms with van der Waals surface area (Å²) in [5, 5.41) is 0.581. The molecule has 0 aliphatic carbocycles. The Morgan fingerprint density at radius 2 is 1.75 bits per heavy atom. The fourth-order valence-corrected chi connectivity index (χ4v) is 3.71. The maximum absolute atomic E-state index is 12.7. The van der Waals surface area contributed by atoms with Crippen molar-refractivity contribution >= 4 is 27.3 Å². The van der Waals surface area contributed by atoms with E-state index in [1.807, 2.05) is 19.9 Å². The van der Waals surface area contributed by atoms with Gasteiger partial charge >= 0.3 is 0 Å². The van der Waals surface area contributed by atoms with Crippen molar-refractivity contribution in [1.29, 1.82) is 0 Å². The quantitative estimate of drug-likeness (QED) is 0.860. The Morgan fingerprint density at radius 1 is 1.10 bits per heavy atom. The third-order valence-corrected chi connectivity index (χ3v) is 5.13. The van der Waals surface area contributed by atoms with Gasteiger partial charge in [0.15, 0.2) is 0 Å². The second kappa shape index (κ2) is 5.85. The van der Waals surface area contributed by atoms with E-state index in [0.717, 1.165) is 5.56 Å². The topological polar surface area (TPSA) is 37.4 Å². The zero-order valence-corrected chi connectivity index (χ0v) is 12.9. The summed E-state index contributed by atoms with van der Waals surface area (Å²) in [5.41, 5.74) is 1.52. The first-order valence-corrected chi connectivity index (χ1v) is 8.12. The molecule has 2 aromatic rings. The molecule has 5 heteroatoms. The minimum atomic E-state index is -3.55. The third-order valence-electron chi connectivity index (χ3n) is 2.98. The Labute approximate surface area is 124 Å². The Hall–Kier alpha value is -1.52. The normalized spacial score (nSPS) is 11.3. The van der Waals surface area contributed by atoms with Crippen molar-refractivity contribution in [3.8, 4) is 0 Å². The maximum Gasteiger partial charge on any atom is 0.264 e. The van der Waals surface area contributed by atoms with E-state index in [0.29, 0.717) is 22.2 Å². The van der Waals surface area contributed by atoms with Crippen LogP contribution in [0.15, 0.2) is 53.4 Å². The Bertz CT molecular complexity index is 696. The van der Waals surface area contributed by atoms with Crippen LogP contribution in [0.1, 0.15) is 12.5 Å². The van der Waals surface area contributed by atoms with Crippen LogP contribution >= 0.6 is 11.6 Å². The number of rotatable bonds is 4. The van der Waals surface area contributed by atoms with E-state index in [4.69, 9.17) is 11.6 Å². The molecule has 0 aliphatic rings. The van der Waals surface area contributed by atoms with Gasteiger partial charge in [-0.1, -0.05) is 23.7 Å². The van der Waals surface area contributed by atoms with E-state index in [1.165, 1.54) is 4.31 Å². The highest BCUT2D eigenvalue weighted by Crippen LogP contribution is 2.25. The number of sulfonamides is 1. The number of benzene rings is 2. The van der Waals surface area contributed by atoms with E-state index >= 15 is 0 Å². The van der Waals surface area contributed by atoms with Gasteiger partial charge in [0.2, 0.25) is 0 Å². The third kappa shape index (κ3) is 2.97. The zero-order valence-electron chi connectivity index (χ0n) is 11.4. The molecule has 3 nitrogen and oxygen atoms in total. The average molecular weight is 310 g/mol. The van der Waals surface area contributed by atoms with E-state index in [1.54, 1.807) is 42.5 Å². The largest absolute Gasteiger partial charge is 0.267 e. The molecule has 0 amide bonds. The number of aryl methyl sites for hydroxylation is 1. The summed E-state index contributed by atoms with van der Waals surface area (Å²) in [7, 11) is -3.55. The summed E-state index contributed by atoms with van der Waals surface area (Å²) < 4.78 is 26.8. The number of anilines is 1. The SMILES string of the molecule is CCN(c1ccc(Cl)cc1)S(=O)(=O)c1cccc(C)c1. The summed E-state index contributed by atoms with van der Waals surface area (Å²) in [6, 6.07) is 13.7. The molecule has 0 aromatic heterocycles. The molecule has 2 aromatic carbocycles. The molecule has 0 heterocycles. The first kappa shape index (κ1) is 14.9. The minimum Gasteiger partial charge on any atom is -0.267 e. The molecule has 0 spiro atoms. The molecule has 0 radical (unpaired) electrons. The molecule has 0 saturated carbocycles. The molecule has 0 saturated heterocycles. The first-order chi connectivity index (χ1) is 9.45. The van der Waals surface area contributed by atoms with Gasteiger partial charge in [-0.2, -0.15) is 0 Å². The van der Waals surface area contributed by atoms with Crippen LogP contribution in [0.2, 0.25) is 5.02 Å². The fraction of sp³-hybridized carbons (Fsp3) is 0.200. The molecule has 20 heavy (non-hydrogen) atoms. The Morgan fingerprint density at radius 3 is 2.30 bits per heavy atom. The standard InChI is InChI=1S/C15H16ClNO2S/c1-3-17(14-9-7-13(16)8-10-14)20(18,19)15-6-4-5-12(2)11-15/h4-11H,3H2,1-2H3. The predicted octanol–water partition coefficient (Wildman–Crippen LogP) is 3.86. The van der Waals surface area contributed by atoms with Crippen molar-refractivity contribution in [2.24, 2.45) is 0 Å². The van der Waals surface area contributed by atoms with Crippen LogP contribution in [0.5, 0.6) is 0 Å². The monoisotopic (exact) mass is 309 g/mol. The van der Waals surface area contributed by atoms with Crippen molar-refractivity contribution in [3.63, 3.8) is 0 Å². The van der Waals surface area contributed by atoms with E-state index in [9.17, 15) is 8.42 Å². The van der Waals surface area contributed by atoms with Crippen LogP contribution in [0.4, 0.5) is 5.69 Å². The first-order valence-electron chi connectivity index (χ1n) is 6.30. The van der Waals surface area contributed by atoms with Crippen LogP contribution in [-0.4, -0.2) is 15.0 Å². The van der Waals surface area contributed by atoms with Gasteiger partial charge in [0.25, 0.3) is 10.0 Å². The second-order valence-electron chi connectivity index (χ2n) is 4.46. The van der Waals surface area contributed by atoms with Crippen LogP contribution in [-0.2, 0) is 10.0 Å². The van der Waals surface area contributed by atoms with Gasteiger partial charge in [-0.25, -0.2) is 8.42 Å². The van der Waals surface area contributed by atoms with Crippen molar-refractivity contribution in [3.05, 3.63) is 59.1 Å².